The van der Waals surface area contributed by atoms with Gasteiger partial charge in [-0.1, -0.05) is 12.1 Å². The van der Waals surface area contributed by atoms with Gasteiger partial charge in [0.1, 0.15) is 0 Å². The van der Waals surface area contributed by atoms with Gasteiger partial charge in [0.25, 0.3) is 0 Å². The topological polar surface area (TPSA) is 48.5 Å². The van der Waals surface area contributed by atoms with Gasteiger partial charge in [-0.15, -0.1) is 0 Å². The molecule has 1 saturated carbocycles. The molecule has 6 heteroatoms. The minimum absolute atomic E-state index is 0.204. The number of aromatic nitrogens is 1. The zero-order valence-corrected chi connectivity index (χ0v) is 15.8. The number of nitrogens with one attached hydrogen (secondary N) is 1. The van der Waals surface area contributed by atoms with E-state index in [2.05, 4.69) is 54.2 Å². The van der Waals surface area contributed by atoms with E-state index in [9.17, 15) is 4.79 Å². The number of hydrogen-bond donors (Lipinski definition) is 1. The van der Waals surface area contributed by atoms with Crippen LogP contribution in [0, 0.1) is 0 Å². The predicted molar refractivity (Wildman–Crippen MR) is 104 cm³/mol. The van der Waals surface area contributed by atoms with E-state index >= 15 is 0 Å². The largest absolute Gasteiger partial charge is 0.368 e. The number of benzene rings is 1. The summed E-state index contributed by atoms with van der Waals surface area (Å²) in [4.78, 5) is 21.2. The lowest BCUT2D eigenvalue weighted by atomic mass is 10.1. The van der Waals surface area contributed by atoms with Gasteiger partial charge in [0, 0.05) is 66.9 Å². The smallest absolute Gasteiger partial charge is 0.221 e. The molecule has 0 unspecified atom stereocenters. The van der Waals surface area contributed by atoms with Gasteiger partial charge in [0.05, 0.1) is 5.52 Å². The maximum absolute atomic E-state index is 11.8. The Balaban J connectivity index is 1.35. The predicted octanol–water partition coefficient (Wildman–Crippen LogP) is 2.79. The van der Waals surface area contributed by atoms with E-state index < -0.39 is 0 Å². The summed E-state index contributed by atoms with van der Waals surface area (Å²) >= 11 is 3.59. The molecule has 1 aromatic heterocycles. The monoisotopic (exact) mass is 402 g/mol. The van der Waals surface area contributed by atoms with Crippen molar-refractivity contribution < 1.29 is 4.79 Å². The molecule has 25 heavy (non-hydrogen) atoms. The Hall–Kier alpha value is -1.66. The van der Waals surface area contributed by atoms with Gasteiger partial charge >= 0.3 is 0 Å². The molecule has 4 rings (SSSR count). The highest BCUT2D eigenvalue weighted by atomic mass is 79.9. The van der Waals surface area contributed by atoms with Crippen molar-refractivity contribution in [2.24, 2.45) is 0 Å². The van der Waals surface area contributed by atoms with Gasteiger partial charge in [-0.05, 0) is 40.9 Å². The number of halogens is 1. The van der Waals surface area contributed by atoms with Gasteiger partial charge in [-0.2, -0.15) is 0 Å². The average molecular weight is 403 g/mol. The molecule has 0 radical (unpaired) electrons. The maximum atomic E-state index is 11.8. The van der Waals surface area contributed by atoms with Gasteiger partial charge in [-0.3, -0.25) is 14.7 Å². The zero-order valence-electron chi connectivity index (χ0n) is 14.2. The summed E-state index contributed by atoms with van der Waals surface area (Å²) in [6.45, 7) is 4.81. The molecule has 2 heterocycles. The van der Waals surface area contributed by atoms with Crippen LogP contribution in [0.3, 0.4) is 0 Å². The summed E-state index contributed by atoms with van der Waals surface area (Å²) in [5, 5.41) is 4.26. The van der Waals surface area contributed by atoms with Crippen molar-refractivity contribution in [2.75, 3.05) is 37.6 Å². The number of pyridine rings is 1. The summed E-state index contributed by atoms with van der Waals surface area (Å²) in [7, 11) is 0. The molecular weight excluding hydrogens is 380 g/mol. The Kier molecular flexibility index (Phi) is 4.90. The summed E-state index contributed by atoms with van der Waals surface area (Å²) in [5.74, 6) is 0.204. The van der Waals surface area contributed by atoms with Crippen LogP contribution in [0.5, 0.6) is 0 Å². The first kappa shape index (κ1) is 16.8. The molecule has 1 aliphatic carbocycles. The second-order valence-corrected chi connectivity index (χ2v) is 7.74. The van der Waals surface area contributed by atoms with Gasteiger partial charge in [0.2, 0.25) is 5.91 Å². The molecule has 1 aromatic carbocycles. The quantitative estimate of drug-likeness (QED) is 0.834. The molecule has 0 atom stereocenters. The fourth-order valence-electron chi connectivity index (χ4n) is 3.40. The lowest BCUT2D eigenvalue weighted by Gasteiger charge is -2.36. The van der Waals surface area contributed by atoms with E-state index in [0.717, 1.165) is 55.6 Å². The van der Waals surface area contributed by atoms with Crippen LogP contribution in [0.15, 0.2) is 34.9 Å². The lowest BCUT2D eigenvalue weighted by molar-refractivity contribution is -0.121. The highest BCUT2D eigenvalue weighted by Crippen LogP contribution is 2.30. The fourth-order valence-corrected chi connectivity index (χ4v) is 3.87. The number of para-hydroxylation sites is 1. The highest BCUT2D eigenvalue weighted by molar-refractivity contribution is 9.10. The minimum Gasteiger partial charge on any atom is -0.368 e. The molecule has 132 valence electrons. The van der Waals surface area contributed by atoms with E-state index in [1.807, 2.05) is 12.3 Å². The summed E-state index contributed by atoms with van der Waals surface area (Å²) in [5.41, 5.74) is 2.26. The van der Waals surface area contributed by atoms with E-state index in [0.29, 0.717) is 12.5 Å². The number of carbonyl (C=O) groups excluding carboxylic acids is 1. The number of fused-ring (bicyclic) bond motifs is 1. The first-order valence-electron chi connectivity index (χ1n) is 9.00. The third kappa shape index (κ3) is 3.96. The zero-order chi connectivity index (χ0) is 17.2. The van der Waals surface area contributed by atoms with Gasteiger partial charge in [0.15, 0.2) is 0 Å². The number of amides is 1. The Morgan fingerprint density at radius 1 is 1.20 bits per heavy atom. The second-order valence-electron chi connectivity index (χ2n) is 6.89. The van der Waals surface area contributed by atoms with Crippen LogP contribution in [-0.2, 0) is 4.79 Å². The normalized spacial score (nSPS) is 18.5. The van der Waals surface area contributed by atoms with Gasteiger partial charge < -0.3 is 10.2 Å². The Bertz CT molecular complexity index is 769. The highest BCUT2D eigenvalue weighted by Gasteiger charge is 2.24. The van der Waals surface area contributed by atoms with Crippen molar-refractivity contribution in [3.63, 3.8) is 0 Å². The maximum Gasteiger partial charge on any atom is 0.221 e. The number of hydrogen-bond acceptors (Lipinski definition) is 4. The molecule has 5 nitrogen and oxygen atoms in total. The Labute approximate surface area is 156 Å². The van der Waals surface area contributed by atoms with Crippen LogP contribution in [-0.4, -0.2) is 54.6 Å². The van der Waals surface area contributed by atoms with Crippen LogP contribution in [0.2, 0.25) is 0 Å². The molecule has 1 aliphatic heterocycles. The van der Waals surface area contributed by atoms with E-state index in [-0.39, 0.29) is 5.91 Å². The summed E-state index contributed by atoms with van der Waals surface area (Å²) < 4.78 is 1.03. The van der Waals surface area contributed by atoms with E-state index in [1.54, 1.807) is 0 Å². The molecule has 2 aliphatic rings. The number of piperazine rings is 1. The summed E-state index contributed by atoms with van der Waals surface area (Å²) in [6, 6.07) is 8.80. The van der Waals surface area contributed by atoms with Crippen molar-refractivity contribution in [1.29, 1.82) is 0 Å². The average Bonchev–Trinajstić information content (AvgIpc) is 3.44. The first-order valence-corrected chi connectivity index (χ1v) is 9.80. The van der Waals surface area contributed by atoms with Crippen molar-refractivity contribution in [3.8, 4) is 0 Å². The molecular formula is C19H23BrN4O. The van der Waals surface area contributed by atoms with Crippen LogP contribution in [0.1, 0.15) is 19.3 Å². The number of nitrogens with zero attached hydrogens (tertiary/aromatic N) is 3. The van der Waals surface area contributed by atoms with Crippen molar-refractivity contribution in [3.05, 3.63) is 34.9 Å². The number of rotatable bonds is 5. The first-order chi connectivity index (χ1) is 12.2. The summed E-state index contributed by atoms with van der Waals surface area (Å²) in [6.07, 6.45) is 4.81. The molecule has 1 amide bonds. The molecule has 1 saturated heterocycles. The minimum atomic E-state index is 0.204. The Morgan fingerprint density at radius 3 is 2.76 bits per heavy atom. The fraction of sp³-hybridized carbons (Fsp3) is 0.474. The van der Waals surface area contributed by atoms with Crippen molar-refractivity contribution >= 4 is 38.4 Å². The molecule has 0 bridgehead atoms. The number of carbonyl (C=O) groups is 1. The third-order valence-corrected chi connectivity index (χ3v) is 5.65. The van der Waals surface area contributed by atoms with Crippen molar-refractivity contribution in [2.45, 2.75) is 25.3 Å². The standard InChI is InChI=1S/C19H23BrN4O/c20-16-3-1-2-15-17(6-8-21-19(15)16)24-12-10-23(11-13-24)9-7-18(25)22-14-4-5-14/h1-3,6,8,14H,4-5,7,9-13H2,(H,22,25). The van der Waals surface area contributed by atoms with Crippen molar-refractivity contribution in [1.82, 2.24) is 15.2 Å². The van der Waals surface area contributed by atoms with Crippen LogP contribution < -0.4 is 10.2 Å². The number of anilines is 1. The molecule has 0 spiro atoms. The second kappa shape index (κ2) is 7.30. The van der Waals surface area contributed by atoms with E-state index in [4.69, 9.17) is 0 Å². The lowest BCUT2D eigenvalue weighted by Crippen LogP contribution is -2.47. The molecule has 2 fully saturated rings. The van der Waals surface area contributed by atoms with E-state index in [1.165, 1.54) is 11.1 Å². The van der Waals surface area contributed by atoms with Crippen LogP contribution in [0.25, 0.3) is 10.9 Å². The Morgan fingerprint density at radius 2 is 2.00 bits per heavy atom. The SMILES string of the molecule is O=C(CCN1CCN(c2ccnc3c(Br)cccc23)CC1)NC1CC1. The molecule has 2 aromatic rings. The van der Waals surface area contributed by atoms with Crippen LogP contribution in [0.4, 0.5) is 5.69 Å². The van der Waals surface area contributed by atoms with Gasteiger partial charge in [-0.25, -0.2) is 0 Å². The van der Waals surface area contributed by atoms with Crippen LogP contribution >= 0.6 is 15.9 Å². The molecule has 1 N–H and O–H groups in total. The third-order valence-electron chi connectivity index (χ3n) is 5.01.